The molecule has 2 aromatic rings. The zero-order valence-corrected chi connectivity index (χ0v) is 9.71. The number of nitrogens with one attached hydrogen (secondary N) is 1. The van der Waals surface area contributed by atoms with E-state index >= 15 is 0 Å². The first kappa shape index (κ1) is 10.7. The third kappa shape index (κ3) is 2.05. The van der Waals surface area contributed by atoms with Crippen molar-refractivity contribution in [3.8, 4) is 16.5 Å². The van der Waals surface area contributed by atoms with E-state index in [2.05, 4.69) is 16.4 Å². The molecule has 0 atom stereocenters. The molecule has 80 valence electrons. The summed E-state index contributed by atoms with van der Waals surface area (Å²) in [6, 6.07) is 9.76. The van der Waals surface area contributed by atoms with E-state index in [1.807, 2.05) is 31.2 Å². The molecule has 4 heteroatoms. The van der Waals surface area contributed by atoms with Crippen LogP contribution in [0.5, 0.6) is 0 Å². The highest BCUT2D eigenvalue weighted by Crippen LogP contribution is 2.30. The van der Waals surface area contributed by atoms with Crippen LogP contribution in [0, 0.1) is 11.3 Å². The van der Waals surface area contributed by atoms with Gasteiger partial charge in [-0.1, -0.05) is 29.5 Å². The van der Waals surface area contributed by atoms with E-state index < -0.39 is 0 Å². The summed E-state index contributed by atoms with van der Waals surface area (Å²) in [4.78, 5) is 5.28. The molecule has 0 aliphatic rings. The Labute approximate surface area is 98.4 Å². The van der Waals surface area contributed by atoms with Gasteiger partial charge in [0.25, 0.3) is 0 Å². The molecule has 1 heterocycles. The third-order valence-corrected chi connectivity index (χ3v) is 3.13. The van der Waals surface area contributed by atoms with E-state index in [-0.39, 0.29) is 0 Å². The lowest BCUT2D eigenvalue weighted by Gasteiger charge is -1.98. The predicted octanol–water partition coefficient (Wildman–Crippen LogP) is 3.11. The van der Waals surface area contributed by atoms with Crippen LogP contribution in [-0.4, -0.2) is 11.5 Å². The molecule has 1 aromatic heterocycles. The van der Waals surface area contributed by atoms with Gasteiger partial charge < -0.3 is 5.32 Å². The molecule has 0 amide bonds. The summed E-state index contributed by atoms with van der Waals surface area (Å²) in [5, 5.41) is 13.1. The molecule has 0 saturated carbocycles. The Morgan fingerprint density at radius 1 is 1.44 bits per heavy atom. The molecule has 3 nitrogen and oxygen atoms in total. The number of benzene rings is 1. The Morgan fingerprint density at radius 3 is 3.00 bits per heavy atom. The van der Waals surface area contributed by atoms with E-state index in [0.29, 0.717) is 5.56 Å². The van der Waals surface area contributed by atoms with Crippen LogP contribution in [0.2, 0.25) is 0 Å². The number of rotatable bonds is 3. The van der Waals surface area contributed by atoms with Gasteiger partial charge in [-0.05, 0) is 13.0 Å². The van der Waals surface area contributed by atoms with Gasteiger partial charge in [0.05, 0.1) is 16.5 Å². The highest BCUT2D eigenvalue weighted by Gasteiger charge is 2.07. The second kappa shape index (κ2) is 4.77. The Bertz CT molecular complexity index is 525. The highest BCUT2D eigenvalue weighted by atomic mass is 32.1. The smallest absolute Gasteiger partial charge is 0.183 e. The summed E-state index contributed by atoms with van der Waals surface area (Å²) < 4.78 is 0. The molecule has 1 aromatic carbocycles. The van der Waals surface area contributed by atoms with Crippen LogP contribution in [0.3, 0.4) is 0 Å². The predicted molar refractivity (Wildman–Crippen MR) is 66.4 cm³/mol. The van der Waals surface area contributed by atoms with Gasteiger partial charge in [0, 0.05) is 18.3 Å². The minimum absolute atomic E-state index is 0.689. The third-order valence-electron chi connectivity index (χ3n) is 2.15. The normalized spacial score (nSPS) is 9.75. The molecule has 0 aliphatic heterocycles. The van der Waals surface area contributed by atoms with E-state index in [1.54, 1.807) is 17.5 Å². The van der Waals surface area contributed by atoms with Gasteiger partial charge in [0.1, 0.15) is 0 Å². The van der Waals surface area contributed by atoms with Crippen LogP contribution in [0.1, 0.15) is 12.5 Å². The minimum atomic E-state index is 0.689. The first-order chi connectivity index (χ1) is 7.85. The summed E-state index contributed by atoms with van der Waals surface area (Å²) in [7, 11) is 0. The summed E-state index contributed by atoms with van der Waals surface area (Å²) in [6.07, 6.45) is 1.80. The van der Waals surface area contributed by atoms with Crippen LogP contribution >= 0.6 is 11.3 Å². The molecule has 0 aliphatic carbocycles. The molecule has 0 radical (unpaired) electrons. The van der Waals surface area contributed by atoms with Crippen molar-refractivity contribution < 1.29 is 0 Å². The van der Waals surface area contributed by atoms with Crippen molar-refractivity contribution in [3.05, 3.63) is 36.0 Å². The van der Waals surface area contributed by atoms with Crippen molar-refractivity contribution in [2.45, 2.75) is 6.92 Å². The van der Waals surface area contributed by atoms with E-state index in [0.717, 1.165) is 22.1 Å². The van der Waals surface area contributed by atoms with Crippen LogP contribution in [0.25, 0.3) is 10.4 Å². The lowest BCUT2D eigenvalue weighted by molar-refractivity contribution is 1.19. The molecule has 16 heavy (non-hydrogen) atoms. The first-order valence-corrected chi connectivity index (χ1v) is 5.86. The molecule has 1 N–H and O–H groups in total. The maximum Gasteiger partial charge on any atom is 0.183 e. The number of nitriles is 1. The van der Waals surface area contributed by atoms with Gasteiger partial charge in [-0.3, -0.25) is 0 Å². The minimum Gasteiger partial charge on any atom is -0.362 e. The SMILES string of the molecule is CCNc1ncc(-c2ccccc2C#N)s1. The fourth-order valence-corrected chi connectivity index (χ4v) is 2.35. The molecular formula is C12H11N3S. The van der Waals surface area contributed by atoms with Gasteiger partial charge in [0.2, 0.25) is 0 Å². The van der Waals surface area contributed by atoms with Crippen LogP contribution in [0.4, 0.5) is 5.13 Å². The monoisotopic (exact) mass is 229 g/mol. The standard InChI is InChI=1S/C12H11N3S/c1-2-14-12-15-8-11(16-12)10-6-4-3-5-9(10)7-13/h3-6,8H,2H2,1H3,(H,14,15). The second-order valence-electron chi connectivity index (χ2n) is 3.22. The summed E-state index contributed by atoms with van der Waals surface area (Å²) in [5.74, 6) is 0. The van der Waals surface area contributed by atoms with E-state index in [4.69, 9.17) is 5.26 Å². The Hall–Kier alpha value is -1.86. The number of anilines is 1. The van der Waals surface area contributed by atoms with Gasteiger partial charge in [-0.15, -0.1) is 0 Å². The number of nitrogens with zero attached hydrogens (tertiary/aromatic N) is 2. The summed E-state index contributed by atoms with van der Waals surface area (Å²) in [6.45, 7) is 2.89. The van der Waals surface area contributed by atoms with Crippen molar-refractivity contribution >= 4 is 16.5 Å². The fraction of sp³-hybridized carbons (Fsp3) is 0.167. The molecule has 0 saturated heterocycles. The molecular weight excluding hydrogens is 218 g/mol. The Balaban J connectivity index is 2.39. The topological polar surface area (TPSA) is 48.7 Å². The van der Waals surface area contributed by atoms with Gasteiger partial charge in [-0.25, -0.2) is 4.98 Å². The Morgan fingerprint density at radius 2 is 2.25 bits per heavy atom. The summed E-state index contributed by atoms with van der Waals surface area (Å²) in [5.41, 5.74) is 1.64. The second-order valence-corrected chi connectivity index (χ2v) is 4.25. The largest absolute Gasteiger partial charge is 0.362 e. The highest BCUT2D eigenvalue weighted by molar-refractivity contribution is 7.18. The van der Waals surface area contributed by atoms with E-state index in [9.17, 15) is 0 Å². The number of hydrogen-bond donors (Lipinski definition) is 1. The van der Waals surface area contributed by atoms with E-state index in [1.165, 1.54) is 0 Å². The molecule has 2 rings (SSSR count). The quantitative estimate of drug-likeness (QED) is 0.879. The number of aromatic nitrogens is 1. The maximum absolute atomic E-state index is 9.01. The van der Waals surface area contributed by atoms with Crippen molar-refractivity contribution in [3.63, 3.8) is 0 Å². The fourth-order valence-electron chi connectivity index (χ4n) is 1.43. The van der Waals surface area contributed by atoms with Crippen molar-refractivity contribution in [2.24, 2.45) is 0 Å². The van der Waals surface area contributed by atoms with Gasteiger partial charge >= 0.3 is 0 Å². The molecule has 0 unspecified atom stereocenters. The molecule has 0 fully saturated rings. The Kier molecular flexibility index (Phi) is 3.18. The zero-order chi connectivity index (χ0) is 11.4. The average molecular weight is 229 g/mol. The van der Waals surface area contributed by atoms with Crippen molar-refractivity contribution in [1.82, 2.24) is 4.98 Å². The molecule has 0 spiro atoms. The lowest BCUT2D eigenvalue weighted by Crippen LogP contribution is -1.94. The number of hydrogen-bond acceptors (Lipinski definition) is 4. The maximum atomic E-state index is 9.01. The van der Waals surface area contributed by atoms with Crippen molar-refractivity contribution in [1.29, 1.82) is 5.26 Å². The van der Waals surface area contributed by atoms with Crippen LogP contribution in [0.15, 0.2) is 30.5 Å². The first-order valence-electron chi connectivity index (χ1n) is 5.04. The average Bonchev–Trinajstić information content (AvgIpc) is 2.78. The van der Waals surface area contributed by atoms with Gasteiger partial charge in [0.15, 0.2) is 5.13 Å². The number of thiazole rings is 1. The zero-order valence-electron chi connectivity index (χ0n) is 8.90. The van der Waals surface area contributed by atoms with Crippen LogP contribution < -0.4 is 5.32 Å². The van der Waals surface area contributed by atoms with Crippen LogP contribution in [-0.2, 0) is 0 Å². The van der Waals surface area contributed by atoms with Crippen molar-refractivity contribution in [2.75, 3.05) is 11.9 Å². The summed E-state index contributed by atoms with van der Waals surface area (Å²) >= 11 is 1.57. The molecule has 0 bridgehead atoms. The van der Waals surface area contributed by atoms with Gasteiger partial charge in [-0.2, -0.15) is 5.26 Å². The lowest BCUT2D eigenvalue weighted by atomic mass is 10.1.